The molecule has 7 heteroatoms. The van der Waals surface area contributed by atoms with Gasteiger partial charge in [-0.2, -0.15) is 0 Å². The van der Waals surface area contributed by atoms with Crippen molar-refractivity contribution in [1.82, 2.24) is 0 Å². The van der Waals surface area contributed by atoms with Crippen molar-refractivity contribution in [1.29, 1.82) is 0 Å². The van der Waals surface area contributed by atoms with E-state index in [1.807, 2.05) is 13.1 Å². The second-order valence-corrected chi connectivity index (χ2v) is 12.2. The fourth-order valence-electron chi connectivity index (χ4n) is 1.79. The van der Waals surface area contributed by atoms with Crippen molar-refractivity contribution in [3.8, 4) is 0 Å². The minimum absolute atomic E-state index is 0.105. The molecule has 0 bridgehead atoms. The van der Waals surface area contributed by atoms with E-state index < -0.39 is 20.3 Å². The highest BCUT2D eigenvalue weighted by Crippen LogP contribution is 2.37. The van der Waals surface area contributed by atoms with E-state index >= 15 is 0 Å². The first-order valence-electron chi connectivity index (χ1n) is 8.66. The molecular weight excluding hydrogens is 352 g/mol. The normalized spacial score (nSPS) is 11.9. The fourth-order valence-corrected chi connectivity index (χ4v) is 2.67. The Labute approximate surface area is 156 Å². The average Bonchev–Trinajstić information content (AvgIpc) is 2.56. The number of carbonyl (C=O) groups excluding carboxylic acids is 2. The van der Waals surface area contributed by atoms with E-state index in [1.165, 1.54) is 0 Å². The second-order valence-electron chi connectivity index (χ2n) is 7.44. The molecule has 0 saturated carbocycles. The van der Waals surface area contributed by atoms with Crippen LogP contribution in [0.1, 0.15) is 41.5 Å². The molecule has 1 aromatic carbocycles. The Balaban J connectivity index is 2.75. The predicted molar refractivity (Wildman–Crippen MR) is 102 cm³/mol. The summed E-state index contributed by atoms with van der Waals surface area (Å²) in [6.07, 6.45) is 0. The van der Waals surface area contributed by atoms with Crippen LogP contribution in [-0.2, 0) is 18.6 Å². The molecule has 1 rings (SSSR count). The van der Waals surface area contributed by atoms with Crippen molar-refractivity contribution < 1.29 is 28.2 Å². The number of benzene rings is 1. The topological polar surface area (TPSA) is 71.1 Å². The number of esters is 1. The first-order valence-corrected chi connectivity index (χ1v) is 11.6. The molecule has 1 aromatic rings. The molecule has 0 aliphatic carbocycles. The van der Waals surface area contributed by atoms with Crippen LogP contribution < -0.4 is 0 Å². The molecule has 0 aliphatic rings. The summed E-state index contributed by atoms with van der Waals surface area (Å²) >= 11 is 0. The standard InChI is InChI=1S/C19H30O6Si/c1-19(2,3)26(5,6)25-18(21)16-10-8-7-9-15(16)17(20)24-14-13-23-12-11-22-4/h7-10H,11-14H2,1-6H3. The summed E-state index contributed by atoms with van der Waals surface area (Å²) in [5.74, 6) is -1.05. The molecule has 0 atom stereocenters. The van der Waals surface area contributed by atoms with E-state index in [9.17, 15) is 9.59 Å². The number of methoxy groups -OCH3 is 1. The van der Waals surface area contributed by atoms with Crippen LogP contribution in [0.25, 0.3) is 0 Å². The minimum Gasteiger partial charge on any atom is -0.516 e. The summed E-state index contributed by atoms with van der Waals surface area (Å²) in [5, 5.41) is -0.113. The summed E-state index contributed by atoms with van der Waals surface area (Å²) in [6, 6.07) is 6.54. The van der Waals surface area contributed by atoms with E-state index in [2.05, 4.69) is 20.8 Å². The van der Waals surface area contributed by atoms with Gasteiger partial charge in [0.25, 0.3) is 8.32 Å². The van der Waals surface area contributed by atoms with Gasteiger partial charge in [-0.1, -0.05) is 32.9 Å². The molecule has 146 valence electrons. The van der Waals surface area contributed by atoms with Gasteiger partial charge in [0.05, 0.1) is 30.9 Å². The summed E-state index contributed by atoms with van der Waals surface area (Å²) in [7, 11) is -0.700. The molecule has 26 heavy (non-hydrogen) atoms. The van der Waals surface area contributed by atoms with Gasteiger partial charge in [0, 0.05) is 7.11 Å². The monoisotopic (exact) mass is 382 g/mol. The van der Waals surface area contributed by atoms with Gasteiger partial charge in [-0.15, -0.1) is 0 Å². The van der Waals surface area contributed by atoms with Gasteiger partial charge in [0.15, 0.2) is 0 Å². The number of hydrogen-bond acceptors (Lipinski definition) is 6. The molecule has 6 nitrogen and oxygen atoms in total. The van der Waals surface area contributed by atoms with E-state index in [0.717, 1.165) is 0 Å². The van der Waals surface area contributed by atoms with Crippen LogP contribution in [-0.4, -0.2) is 53.8 Å². The van der Waals surface area contributed by atoms with E-state index in [0.29, 0.717) is 13.2 Å². The van der Waals surface area contributed by atoms with Gasteiger partial charge < -0.3 is 18.6 Å². The third-order valence-electron chi connectivity index (χ3n) is 4.41. The van der Waals surface area contributed by atoms with E-state index in [1.54, 1.807) is 31.4 Å². The molecule has 0 fully saturated rings. The van der Waals surface area contributed by atoms with Crippen LogP contribution in [0.5, 0.6) is 0 Å². The smallest absolute Gasteiger partial charge is 0.339 e. The zero-order chi connectivity index (χ0) is 19.8. The Morgan fingerprint density at radius 3 is 2.00 bits per heavy atom. The van der Waals surface area contributed by atoms with Gasteiger partial charge in [-0.05, 0) is 30.3 Å². The van der Waals surface area contributed by atoms with E-state index in [-0.39, 0.29) is 29.4 Å². The SMILES string of the molecule is COCCOCCOC(=O)c1ccccc1C(=O)O[Si](C)(C)C(C)(C)C. The molecule has 0 N–H and O–H groups in total. The molecule has 0 aliphatic heterocycles. The molecular formula is C19H30O6Si. The van der Waals surface area contributed by atoms with Crippen molar-refractivity contribution in [3.05, 3.63) is 35.4 Å². The van der Waals surface area contributed by atoms with Gasteiger partial charge in [-0.3, -0.25) is 0 Å². The highest BCUT2D eigenvalue weighted by atomic mass is 28.4. The number of rotatable bonds is 9. The summed E-state index contributed by atoms with van der Waals surface area (Å²) < 4.78 is 21.1. The predicted octanol–water partition coefficient (Wildman–Crippen LogP) is 3.67. The maximum atomic E-state index is 12.6. The zero-order valence-electron chi connectivity index (χ0n) is 16.6. The maximum absolute atomic E-state index is 12.6. The molecule has 0 unspecified atom stereocenters. The lowest BCUT2D eigenvalue weighted by Gasteiger charge is -2.35. The fraction of sp³-hybridized carbons (Fsp3) is 0.579. The van der Waals surface area contributed by atoms with Gasteiger partial charge in [-0.25, -0.2) is 9.59 Å². The molecule has 0 radical (unpaired) electrons. The van der Waals surface area contributed by atoms with Crippen LogP contribution in [0.3, 0.4) is 0 Å². The van der Waals surface area contributed by atoms with Crippen LogP contribution in [0.2, 0.25) is 18.1 Å². The highest BCUT2D eigenvalue weighted by molar-refractivity contribution is 6.75. The van der Waals surface area contributed by atoms with Gasteiger partial charge in [0.1, 0.15) is 6.61 Å². The van der Waals surface area contributed by atoms with Crippen molar-refractivity contribution >= 4 is 20.3 Å². The van der Waals surface area contributed by atoms with Gasteiger partial charge in [0.2, 0.25) is 0 Å². The summed E-state index contributed by atoms with van der Waals surface area (Å²) in [4.78, 5) is 25.0. The lowest BCUT2D eigenvalue weighted by molar-refractivity contribution is 0.0211. The summed E-state index contributed by atoms with van der Waals surface area (Å²) in [6.45, 7) is 11.4. The second kappa shape index (κ2) is 9.85. The molecule has 0 aromatic heterocycles. The number of ether oxygens (including phenoxy) is 3. The molecule has 0 saturated heterocycles. The zero-order valence-corrected chi connectivity index (χ0v) is 17.6. The lowest BCUT2D eigenvalue weighted by Crippen LogP contribution is -2.42. The average molecular weight is 383 g/mol. The molecule has 0 heterocycles. The Morgan fingerprint density at radius 1 is 0.923 bits per heavy atom. The largest absolute Gasteiger partial charge is 0.516 e. The lowest BCUT2D eigenvalue weighted by atomic mass is 10.1. The van der Waals surface area contributed by atoms with Crippen LogP contribution in [0.4, 0.5) is 0 Å². The summed E-state index contributed by atoms with van der Waals surface area (Å²) in [5.41, 5.74) is 0.427. The Hall–Kier alpha value is -1.70. The van der Waals surface area contributed by atoms with Crippen LogP contribution in [0.15, 0.2) is 24.3 Å². The third-order valence-corrected chi connectivity index (χ3v) is 8.72. The van der Waals surface area contributed by atoms with Gasteiger partial charge >= 0.3 is 11.9 Å². The quantitative estimate of drug-likeness (QED) is 0.369. The van der Waals surface area contributed by atoms with E-state index in [4.69, 9.17) is 18.6 Å². The Kier molecular flexibility index (Phi) is 8.46. The maximum Gasteiger partial charge on any atom is 0.339 e. The first-order chi connectivity index (χ1) is 12.1. The number of hydrogen-bond donors (Lipinski definition) is 0. The third kappa shape index (κ3) is 6.55. The minimum atomic E-state index is -2.29. The Morgan fingerprint density at radius 2 is 1.46 bits per heavy atom. The number of carbonyl (C=O) groups is 2. The molecule has 0 spiro atoms. The Bertz CT molecular complexity index is 606. The van der Waals surface area contributed by atoms with Crippen molar-refractivity contribution in [2.24, 2.45) is 0 Å². The van der Waals surface area contributed by atoms with Crippen LogP contribution in [0, 0.1) is 0 Å². The van der Waals surface area contributed by atoms with Crippen molar-refractivity contribution in [2.75, 3.05) is 33.5 Å². The van der Waals surface area contributed by atoms with Crippen molar-refractivity contribution in [3.63, 3.8) is 0 Å². The molecule has 0 amide bonds. The first kappa shape index (κ1) is 22.3. The van der Waals surface area contributed by atoms with Crippen LogP contribution >= 0.6 is 0 Å². The van der Waals surface area contributed by atoms with Crippen molar-refractivity contribution in [2.45, 2.75) is 38.9 Å². The highest BCUT2D eigenvalue weighted by Gasteiger charge is 2.41.